The zero-order chi connectivity index (χ0) is 14.6. The minimum Gasteiger partial charge on any atom is -0.481 e. The first-order valence-electron chi connectivity index (χ1n) is 8.04. The molecule has 0 spiro atoms. The molecule has 0 aromatic rings. The maximum absolute atomic E-state index is 12.3. The van der Waals surface area contributed by atoms with Crippen molar-refractivity contribution in [3.05, 3.63) is 0 Å². The predicted molar refractivity (Wildman–Crippen MR) is 77.3 cm³/mol. The van der Waals surface area contributed by atoms with Crippen LogP contribution in [-0.4, -0.2) is 23.0 Å². The molecule has 0 saturated heterocycles. The average Bonchev–Trinajstić information content (AvgIpc) is 3.07. The van der Waals surface area contributed by atoms with E-state index in [0.29, 0.717) is 6.42 Å². The van der Waals surface area contributed by atoms with Crippen molar-refractivity contribution in [3.63, 3.8) is 0 Å². The molecule has 0 aromatic carbocycles. The highest BCUT2D eigenvalue weighted by Gasteiger charge is 2.38. The average molecular weight is 281 g/mol. The van der Waals surface area contributed by atoms with E-state index in [4.69, 9.17) is 5.11 Å². The third-order valence-electron chi connectivity index (χ3n) is 4.90. The third kappa shape index (κ3) is 4.50. The fraction of sp³-hybridized carbons (Fsp3) is 0.875. The Morgan fingerprint density at radius 1 is 1.25 bits per heavy atom. The fourth-order valence-electron chi connectivity index (χ4n) is 3.56. The molecule has 2 aliphatic rings. The molecule has 4 heteroatoms. The van der Waals surface area contributed by atoms with Crippen LogP contribution < -0.4 is 5.32 Å². The first-order valence-corrected chi connectivity index (χ1v) is 8.04. The van der Waals surface area contributed by atoms with Crippen molar-refractivity contribution < 1.29 is 14.7 Å². The number of rotatable bonds is 8. The van der Waals surface area contributed by atoms with Crippen LogP contribution in [-0.2, 0) is 9.59 Å². The number of carboxylic acid groups (broad SMARTS) is 1. The van der Waals surface area contributed by atoms with Crippen LogP contribution in [0.4, 0.5) is 0 Å². The summed E-state index contributed by atoms with van der Waals surface area (Å²) in [5.41, 5.74) is -0.284. The summed E-state index contributed by atoms with van der Waals surface area (Å²) in [4.78, 5) is 23.3. The molecule has 0 radical (unpaired) electrons. The van der Waals surface area contributed by atoms with Crippen molar-refractivity contribution in [1.29, 1.82) is 0 Å². The Labute approximate surface area is 121 Å². The van der Waals surface area contributed by atoms with Gasteiger partial charge in [0.05, 0.1) is 6.42 Å². The standard InChI is InChI=1S/C16H27NO3/c1-2-13(9-12-5-6-12)17-14(18)10-16(11-15(19)20)7-3-4-8-16/h12-13H,2-11H2,1H3,(H,17,18)(H,19,20). The first kappa shape index (κ1) is 15.3. The largest absolute Gasteiger partial charge is 0.481 e. The number of aliphatic carboxylic acids is 1. The molecule has 2 rings (SSSR count). The summed E-state index contributed by atoms with van der Waals surface area (Å²) in [5, 5.41) is 12.2. The van der Waals surface area contributed by atoms with Gasteiger partial charge in [0.1, 0.15) is 0 Å². The number of carboxylic acids is 1. The van der Waals surface area contributed by atoms with E-state index in [1.54, 1.807) is 0 Å². The van der Waals surface area contributed by atoms with E-state index in [2.05, 4.69) is 12.2 Å². The molecular formula is C16H27NO3. The second kappa shape index (κ2) is 6.59. The summed E-state index contributed by atoms with van der Waals surface area (Å²) in [6, 6.07) is 0.276. The number of hydrogen-bond donors (Lipinski definition) is 2. The van der Waals surface area contributed by atoms with E-state index in [-0.39, 0.29) is 23.8 Å². The summed E-state index contributed by atoms with van der Waals surface area (Å²) in [5.74, 6) is 0.0880. The summed E-state index contributed by atoms with van der Waals surface area (Å²) < 4.78 is 0. The van der Waals surface area contributed by atoms with Gasteiger partial charge in [0.25, 0.3) is 0 Å². The zero-order valence-corrected chi connectivity index (χ0v) is 12.5. The Balaban J connectivity index is 1.85. The minimum atomic E-state index is -0.773. The van der Waals surface area contributed by atoms with E-state index in [1.807, 2.05) is 0 Å². The second-order valence-electron chi connectivity index (χ2n) is 6.81. The molecular weight excluding hydrogens is 254 g/mol. The van der Waals surface area contributed by atoms with Crippen LogP contribution in [0.25, 0.3) is 0 Å². The molecule has 2 aliphatic carbocycles. The molecule has 0 aromatic heterocycles. The summed E-state index contributed by atoms with van der Waals surface area (Å²) in [6.45, 7) is 2.11. The van der Waals surface area contributed by atoms with Gasteiger partial charge in [-0.3, -0.25) is 9.59 Å². The van der Waals surface area contributed by atoms with Gasteiger partial charge in [0.2, 0.25) is 5.91 Å². The summed E-state index contributed by atoms with van der Waals surface area (Å²) >= 11 is 0. The maximum Gasteiger partial charge on any atom is 0.303 e. The topological polar surface area (TPSA) is 66.4 Å². The van der Waals surface area contributed by atoms with Crippen LogP contribution in [0.2, 0.25) is 0 Å². The van der Waals surface area contributed by atoms with Crippen LogP contribution in [0.1, 0.15) is 71.1 Å². The molecule has 1 amide bonds. The molecule has 0 bridgehead atoms. The van der Waals surface area contributed by atoms with E-state index in [1.165, 1.54) is 12.8 Å². The van der Waals surface area contributed by atoms with Crippen LogP contribution in [0.5, 0.6) is 0 Å². The number of nitrogens with one attached hydrogen (secondary N) is 1. The number of carbonyl (C=O) groups is 2. The van der Waals surface area contributed by atoms with E-state index in [9.17, 15) is 9.59 Å². The Kier molecular flexibility index (Phi) is 5.06. The Bertz CT molecular complexity index is 357. The highest BCUT2D eigenvalue weighted by Crippen LogP contribution is 2.44. The Hall–Kier alpha value is -1.06. The lowest BCUT2D eigenvalue weighted by Crippen LogP contribution is -2.38. The van der Waals surface area contributed by atoms with Gasteiger partial charge in [-0.1, -0.05) is 32.6 Å². The smallest absolute Gasteiger partial charge is 0.303 e. The highest BCUT2D eigenvalue weighted by atomic mass is 16.4. The number of hydrogen-bond acceptors (Lipinski definition) is 2. The van der Waals surface area contributed by atoms with Crippen molar-refractivity contribution in [2.75, 3.05) is 0 Å². The maximum atomic E-state index is 12.3. The molecule has 4 nitrogen and oxygen atoms in total. The third-order valence-corrected chi connectivity index (χ3v) is 4.90. The molecule has 0 aliphatic heterocycles. The van der Waals surface area contributed by atoms with Gasteiger partial charge in [-0.05, 0) is 37.0 Å². The number of carbonyl (C=O) groups excluding carboxylic acids is 1. The molecule has 0 heterocycles. The van der Waals surface area contributed by atoms with Crippen LogP contribution in [0.3, 0.4) is 0 Å². The highest BCUT2D eigenvalue weighted by molar-refractivity contribution is 5.78. The van der Waals surface area contributed by atoms with Crippen molar-refractivity contribution in [2.45, 2.75) is 77.2 Å². The lowest BCUT2D eigenvalue weighted by Gasteiger charge is -2.27. The van der Waals surface area contributed by atoms with Crippen LogP contribution >= 0.6 is 0 Å². The van der Waals surface area contributed by atoms with Gasteiger partial charge in [0, 0.05) is 12.5 Å². The fourth-order valence-corrected chi connectivity index (χ4v) is 3.56. The molecule has 2 fully saturated rings. The lowest BCUT2D eigenvalue weighted by molar-refractivity contribution is -0.140. The van der Waals surface area contributed by atoms with Crippen LogP contribution in [0, 0.1) is 11.3 Å². The van der Waals surface area contributed by atoms with E-state index >= 15 is 0 Å². The van der Waals surface area contributed by atoms with E-state index in [0.717, 1.165) is 44.4 Å². The van der Waals surface area contributed by atoms with Gasteiger partial charge in [-0.15, -0.1) is 0 Å². The van der Waals surface area contributed by atoms with Gasteiger partial charge in [0.15, 0.2) is 0 Å². The second-order valence-corrected chi connectivity index (χ2v) is 6.81. The quantitative estimate of drug-likeness (QED) is 0.718. The molecule has 1 atom stereocenters. The predicted octanol–water partition coefficient (Wildman–Crippen LogP) is 3.11. The monoisotopic (exact) mass is 281 g/mol. The van der Waals surface area contributed by atoms with Crippen molar-refractivity contribution in [1.82, 2.24) is 5.32 Å². The molecule has 1 unspecified atom stereocenters. The summed E-state index contributed by atoms with van der Waals surface area (Å²) in [7, 11) is 0. The minimum absolute atomic E-state index is 0.0562. The molecule has 2 N–H and O–H groups in total. The van der Waals surface area contributed by atoms with Crippen molar-refractivity contribution in [3.8, 4) is 0 Å². The summed E-state index contributed by atoms with van der Waals surface area (Å²) in [6.07, 6.45) is 9.06. The Morgan fingerprint density at radius 3 is 2.40 bits per heavy atom. The van der Waals surface area contributed by atoms with Crippen LogP contribution in [0.15, 0.2) is 0 Å². The Morgan fingerprint density at radius 2 is 1.90 bits per heavy atom. The SMILES string of the molecule is CCC(CC1CC1)NC(=O)CC1(CC(=O)O)CCCC1. The molecule has 20 heavy (non-hydrogen) atoms. The normalized spacial score (nSPS) is 22.4. The van der Waals surface area contributed by atoms with Gasteiger partial charge in [-0.2, -0.15) is 0 Å². The first-order chi connectivity index (χ1) is 9.53. The van der Waals surface area contributed by atoms with Gasteiger partial charge in [-0.25, -0.2) is 0 Å². The zero-order valence-electron chi connectivity index (χ0n) is 12.5. The van der Waals surface area contributed by atoms with Gasteiger partial charge >= 0.3 is 5.97 Å². The molecule has 114 valence electrons. The lowest BCUT2D eigenvalue weighted by atomic mass is 9.79. The van der Waals surface area contributed by atoms with Gasteiger partial charge < -0.3 is 10.4 Å². The van der Waals surface area contributed by atoms with E-state index < -0.39 is 5.97 Å². The van der Waals surface area contributed by atoms with Crippen molar-refractivity contribution >= 4 is 11.9 Å². The number of amides is 1. The van der Waals surface area contributed by atoms with Crippen molar-refractivity contribution in [2.24, 2.45) is 11.3 Å². The molecule has 2 saturated carbocycles.